The van der Waals surface area contributed by atoms with Crippen molar-refractivity contribution in [2.24, 2.45) is 11.8 Å². The van der Waals surface area contributed by atoms with Gasteiger partial charge in [0.25, 0.3) is 0 Å². The number of fused-ring (bicyclic) bond motifs is 4. The molecule has 3 saturated heterocycles. The average Bonchev–Trinajstić information content (AvgIpc) is 3.27. The molecule has 4 aromatic carbocycles. The largest absolute Gasteiger partial charge is 0.497 e. The van der Waals surface area contributed by atoms with Gasteiger partial charge in [0.15, 0.2) is 0 Å². The van der Waals surface area contributed by atoms with Gasteiger partial charge in [-0.1, -0.05) is 95.2 Å². The maximum atomic E-state index is 14.8. The smallest absolute Gasteiger partial charge is 0.416 e. The molecule has 4 heterocycles. The van der Waals surface area contributed by atoms with Gasteiger partial charge in [-0.25, -0.2) is 9.78 Å². The molecule has 2 N–H and O–H groups in total. The zero-order chi connectivity index (χ0) is 53.3. The number of hydrogen-bond acceptors (Lipinski definition) is 4. The van der Waals surface area contributed by atoms with E-state index in [4.69, 9.17) is 14.5 Å². The third-order valence-electron chi connectivity index (χ3n) is 15.0. The van der Waals surface area contributed by atoms with Crippen LogP contribution in [-0.2, 0) is 40.6 Å². The standard InChI is InChI=1S/C59H72F6N4O3/c1-16-35-33-69(32-34-21-38(54(2,3)4)26-39(22-34)55(5,6)7)20-19-36(35)25-50(69)51(68-53(70)66-42-28-40(58(60,61)62)27-41(29-42)59(63,64)65)45-31-49(67-48-18-17-43(71-14)30-44(45)48)37-23-46(56(8,9)10)52(72-15)47(24-37)57(11,12)13/h16-18,21-24,26-31,35-36,50-51H,1,19-20,25,32-33H2,2-15H3,(H-,66,68,70)/p+1/t35-,36-,50+,51-,69+/m0/s1. The summed E-state index contributed by atoms with van der Waals surface area (Å²) in [6.45, 7) is 32.3. The number of amides is 2. The number of rotatable bonds is 10. The van der Waals surface area contributed by atoms with Crippen molar-refractivity contribution in [3.05, 3.63) is 130 Å². The van der Waals surface area contributed by atoms with Crippen LogP contribution in [-0.4, -0.2) is 48.8 Å². The van der Waals surface area contributed by atoms with Gasteiger partial charge in [0.2, 0.25) is 0 Å². The first kappa shape index (κ1) is 54.2. The fraction of sp³-hybridized carbons (Fsp3) is 0.492. The summed E-state index contributed by atoms with van der Waals surface area (Å²) in [5.74, 6) is 1.66. The molecule has 1 aromatic heterocycles. The number of benzene rings is 4. The molecular formula is C59H73F6N4O3+. The highest BCUT2D eigenvalue weighted by Crippen LogP contribution is 2.50. The van der Waals surface area contributed by atoms with E-state index in [1.165, 1.54) is 11.1 Å². The first-order valence-corrected chi connectivity index (χ1v) is 24.9. The van der Waals surface area contributed by atoms with Crippen molar-refractivity contribution in [1.29, 1.82) is 0 Å². The molecule has 3 aliphatic rings. The first-order chi connectivity index (χ1) is 33.1. The van der Waals surface area contributed by atoms with Crippen molar-refractivity contribution >= 4 is 22.6 Å². The normalized spacial score (nSPS) is 20.3. The molecule has 13 heteroatoms. The Morgan fingerprint density at radius 2 is 1.29 bits per heavy atom. The van der Waals surface area contributed by atoms with E-state index < -0.39 is 41.2 Å². The molecule has 0 aliphatic carbocycles. The third-order valence-corrected chi connectivity index (χ3v) is 15.0. The number of alkyl halides is 6. The number of carbonyl (C=O) groups is 1. The summed E-state index contributed by atoms with van der Waals surface area (Å²) >= 11 is 0. The Morgan fingerprint density at radius 3 is 1.78 bits per heavy atom. The SMILES string of the molecule is C=C[C@H]1C[N@+]2(Cc3cc(C(C)(C)C)cc(C(C)(C)C)c3)CC[C@H]1C[C@@H]2[C@@H](NC(=O)Nc1cc(C(F)(F)F)cc(C(F)(F)F)c1)c1cc(-c2cc(C(C)(C)C)c(OC)c(C(C)(C)C)c2)nc2ccc(OC)cc12. The number of carbonyl (C=O) groups excluding carboxylic acids is 1. The highest BCUT2D eigenvalue weighted by molar-refractivity contribution is 5.92. The van der Waals surface area contributed by atoms with Crippen LogP contribution in [0.15, 0.2) is 85.5 Å². The van der Waals surface area contributed by atoms with Gasteiger partial charge < -0.3 is 24.6 Å². The van der Waals surface area contributed by atoms with Crippen LogP contribution in [0.25, 0.3) is 22.2 Å². The number of pyridine rings is 1. The van der Waals surface area contributed by atoms with Crippen LogP contribution in [0.3, 0.4) is 0 Å². The Morgan fingerprint density at radius 1 is 0.736 bits per heavy atom. The molecule has 2 bridgehead atoms. The van der Waals surface area contributed by atoms with E-state index >= 15 is 0 Å². The van der Waals surface area contributed by atoms with Crippen molar-refractivity contribution in [2.45, 2.75) is 149 Å². The van der Waals surface area contributed by atoms with E-state index in [0.717, 1.165) is 41.0 Å². The van der Waals surface area contributed by atoms with E-state index in [0.29, 0.717) is 64.0 Å². The lowest BCUT2D eigenvalue weighted by Crippen LogP contribution is -2.69. The number of urea groups is 1. The summed E-state index contributed by atoms with van der Waals surface area (Å²) in [4.78, 5) is 20.1. The Labute approximate surface area is 422 Å². The van der Waals surface area contributed by atoms with E-state index in [1.807, 2.05) is 30.3 Å². The number of hydrogen-bond donors (Lipinski definition) is 2. The van der Waals surface area contributed by atoms with Crippen LogP contribution in [0.2, 0.25) is 0 Å². The lowest BCUT2D eigenvalue weighted by Gasteiger charge is -2.59. The van der Waals surface area contributed by atoms with Crippen molar-refractivity contribution in [1.82, 2.24) is 10.3 Å². The van der Waals surface area contributed by atoms with Gasteiger partial charge in [0.05, 0.1) is 49.6 Å². The second-order valence-electron chi connectivity index (χ2n) is 24.4. The molecule has 5 aromatic rings. The lowest BCUT2D eigenvalue weighted by molar-refractivity contribution is -0.983. The van der Waals surface area contributed by atoms with Crippen LogP contribution in [0.1, 0.15) is 146 Å². The van der Waals surface area contributed by atoms with Gasteiger partial charge in [-0.3, -0.25) is 0 Å². The summed E-state index contributed by atoms with van der Waals surface area (Å²) in [5, 5.41) is 6.33. The zero-order valence-electron chi connectivity index (χ0n) is 44.4. The first-order valence-electron chi connectivity index (χ1n) is 24.9. The molecule has 0 spiro atoms. The second-order valence-corrected chi connectivity index (χ2v) is 24.4. The molecule has 0 unspecified atom stereocenters. The number of piperidine rings is 3. The number of aromatic nitrogens is 1. The fourth-order valence-electron chi connectivity index (χ4n) is 11.0. The topological polar surface area (TPSA) is 72.5 Å². The van der Waals surface area contributed by atoms with Crippen molar-refractivity contribution < 1.29 is 45.1 Å². The molecule has 7 nitrogen and oxygen atoms in total. The van der Waals surface area contributed by atoms with Crippen LogP contribution >= 0.6 is 0 Å². The highest BCUT2D eigenvalue weighted by Gasteiger charge is 2.55. The average molecular weight is 1000 g/mol. The van der Waals surface area contributed by atoms with Crippen molar-refractivity contribution in [3.63, 3.8) is 0 Å². The molecule has 72 heavy (non-hydrogen) atoms. The number of anilines is 1. The summed E-state index contributed by atoms with van der Waals surface area (Å²) < 4.78 is 97.5. The minimum Gasteiger partial charge on any atom is -0.497 e. The van der Waals surface area contributed by atoms with E-state index in [2.05, 4.69) is 131 Å². The summed E-state index contributed by atoms with van der Waals surface area (Å²) in [5.41, 5.74) is 3.43. The maximum Gasteiger partial charge on any atom is 0.416 e. The number of ether oxygens (including phenoxy) is 2. The molecule has 0 saturated carbocycles. The summed E-state index contributed by atoms with van der Waals surface area (Å²) in [6.07, 6.45) is -6.66. The van der Waals surface area contributed by atoms with Gasteiger partial charge >= 0.3 is 18.4 Å². The number of nitrogens with zero attached hydrogens (tertiary/aromatic N) is 2. The molecule has 3 fully saturated rings. The number of methoxy groups -OCH3 is 2. The monoisotopic (exact) mass is 1000 g/mol. The van der Waals surface area contributed by atoms with Gasteiger partial charge in [-0.15, -0.1) is 6.58 Å². The Kier molecular flexibility index (Phi) is 14.3. The third kappa shape index (κ3) is 11.3. The molecule has 8 rings (SSSR count). The lowest BCUT2D eigenvalue weighted by atomic mass is 9.70. The Bertz CT molecular complexity index is 2760. The Hall–Kier alpha value is -5.56. The van der Waals surface area contributed by atoms with Crippen LogP contribution in [0.4, 0.5) is 36.8 Å². The van der Waals surface area contributed by atoms with Crippen LogP contribution in [0, 0.1) is 11.8 Å². The van der Waals surface area contributed by atoms with Gasteiger partial charge in [0, 0.05) is 52.1 Å². The van der Waals surface area contributed by atoms with Crippen LogP contribution in [0.5, 0.6) is 11.5 Å². The molecule has 5 atom stereocenters. The molecule has 3 aliphatic heterocycles. The minimum atomic E-state index is -5.12. The quantitative estimate of drug-likeness (QED) is 0.0831. The number of nitrogens with one attached hydrogen (secondary N) is 2. The van der Waals surface area contributed by atoms with Crippen molar-refractivity contribution in [3.8, 4) is 22.8 Å². The fourth-order valence-corrected chi connectivity index (χ4v) is 11.0. The maximum absolute atomic E-state index is 14.8. The zero-order valence-corrected chi connectivity index (χ0v) is 44.4. The number of quaternary nitrogens is 1. The van der Waals surface area contributed by atoms with E-state index in [-0.39, 0.29) is 45.6 Å². The number of halogens is 6. The highest BCUT2D eigenvalue weighted by atomic mass is 19.4. The van der Waals surface area contributed by atoms with Gasteiger partial charge in [0.1, 0.15) is 30.1 Å². The molecule has 388 valence electrons. The molecule has 2 amide bonds. The predicted molar refractivity (Wildman–Crippen MR) is 277 cm³/mol. The minimum absolute atomic E-state index is 0.0506. The van der Waals surface area contributed by atoms with Crippen LogP contribution < -0.4 is 20.1 Å². The summed E-state index contributed by atoms with van der Waals surface area (Å²) in [7, 11) is 3.24. The van der Waals surface area contributed by atoms with Gasteiger partial charge in [-0.2, -0.15) is 26.3 Å². The van der Waals surface area contributed by atoms with Gasteiger partial charge in [-0.05, 0) is 111 Å². The predicted octanol–water partition coefficient (Wildman–Crippen LogP) is 15.6. The van der Waals surface area contributed by atoms with Crippen molar-refractivity contribution in [2.75, 3.05) is 32.6 Å². The molecule has 0 radical (unpaired) electrons. The Balaban J connectivity index is 1.51. The second kappa shape index (κ2) is 19.0. The summed E-state index contributed by atoms with van der Waals surface area (Å²) in [6, 6.07) is 17.6. The van der Waals surface area contributed by atoms with E-state index in [1.54, 1.807) is 14.2 Å². The molecular weight excluding hydrogens is 927 g/mol. The van der Waals surface area contributed by atoms with E-state index in [9.17, 15) is 31.1 Å².